The number of benzene rings is 1. The summed E-state index contributed by atoms with van der Waals surface area (Å²) in [5.41, 5.74) is -0.0329. The number of nitrogens with zero attached hydrogens (tertiary/aromatic N) is 1. The Morgan fingerprint density at radius 3 is 3.00 bits per heavy atom. The molecular formula is C17H22N2O2. The Labute approximate surface area is 125 Å². The number of fused-ring (bicyclic) bond motifs is 1. The fourth-order valence-electron chi connectivity index (χ4n) is 4.24. The van der Waals surface area contributed by atoms with Crippen molar-refractivity contribution in [2.24, 2.45) is 17.8 Å². The number of methoxy groups -OCH3 is 1. The molecule has 21 heavy (non-hydrogen) atoms. The maximum atomic E-state index is 11.5. The zero-order valence-corrected chi connectivity index (χ0v) is 12.4. The largest absolute Gasteiger partial charge is 0.496 e. The molecule has 0 spiro atoms. The van der Waals surface area contributed by atoms with Crippen molar-refractivity contribution in [1.29, 1.82) is 5.26 Å². The maximum absolute atomic E-state index is 11.5. The average Bonchev–Trinajstić information content (AvgIpc) is 2.97. The summed E-state index contributed by atoms with van der Waals surface area (Å²) in [5.74, 6) is 1.63. The number of aliphatic hydroxyl groups is 1. The van der Waals surface area contributed by atoms with Crippen molar-refractivity contribution >= 4 is 0 Å². The molecule has 1 aromatic carbocycles. The molecule has 3 rings (SSSR count). The van der Waals surface area contributed by atoms with Crippen molar-refractivity contribution in [3.8, 4) is 11.8 Å². The summed E-state index contributed by atoms with van der Waals surface area (Å²) in [6.07, 6.45) is 2.19. The molecule has 0 radical (unpaired) electrons. The smallest absolute Gasteiger partial charge is 0.124 e. The summed E-state index contributed by atoms with van der Waals surface area (Å²) in [7, 11) is 1.64. The van der Waals surface area contributed by atoms with E-state index in [2.05, 4.69) is 11.4 Å². The first-order valence-corrected chi connectivity index (χ1v) is 7.62. The SMILES string of the molecule is COc1ccccc1[C@]1(O)C[C@H](CC#N)C[C@H]2CNC[C@H]21. The van der Waals surface area contributed by atoms with Crippen molar-refractivity contribution in [3.63, 3.8) is 0 Å². The Hall–Kier alpha value is -1.57. The Bertz CT molecular complexity index is 554. The number of ether oxygens (including phenoxy) is 1. The minimum Gasteiger partial charge on any atom is -0.496 e. The van der Waals surface area contributed by atoms with Crippen LogP contribution < -0.4 is 10.1 Å². The highest BCUT2D eigenvalue weighted by atomic mass is 16.5. The van der Waals surface area contributed by atoms with Crippen LogP contribution in [0.4, 0.5) is 0 Å². The molecule has 0 aromatic heterocycles. The molecule has 1 aliphatic heterocycles. The van der Waals surface area contributed by atoms with E-state index in [-0.39, 0.29) is 11.8 Å². The third kappa shape index (κ3) is 2.41. The molecule has 1 saturated carbocycles. The topological polar surface area (TPSA) is 65.3 Å². The molecular weight excluding hydrogens is 264 g/mol. The molecule has 112 valence electrons. The number of hydrogen-bond acceptors (Lipinski definition) is 4. The molecule has 2 fully saturated rings. The maximum Gasteiger partial charge on any atom is 0.124 e. The Morgan fingerprint density at radius 1 is 1.43 bits per heavy atom. The summed E-state index contributed by atoms with van der Waals surface area (Å²) in [4.78, 5) is 0. The van der Waals surface area contributed by atoms with Gasteiger partial charge in [0.15, 0.2) is 0 Å². The van der Waals surface area contributed by atoms with Crippen LogP contribution in [0.25, 0.3) is 0 Å². The van der Waals surface area contributed by atoms with E-state index in [0.717, 1.165) is 30.8 Å². The van der Waals surface area contributed by atoms with Gasteiger partial charge in [-0.3, -0.25) is 0 Å². The minimum absolute atomic E-state index is 0.198. The zero-order chi connectivity index (χ0) is 14.9. The summed E-state index contributed by atoms with van der Waals surface area (Å²) in [6.45, 7) is 1.77. The number of hydrogen-bond donors (Lipinski definition) is 2. The molecule has 2 N–H and O–H groups in total. The van der Waals surface area contributed by atoms with Gasteiger partial charge in [0.2, 0.25) is 0 Å². The van der Waals surface area contributed by atoms with E-state index >= 15 is 0 Å². The summed E-state index contributed by atoms with van der Waals surface area (Å²) in [6, 6.07) is 10.0. The highest BCUT2D eigenvalue weighted by Gasteiger charge is 2.51. The van der Waals surface area contributed by atoms with E-state index in [1.165, 1.54) is 0 Å². The van der Waals surface area contributed by atoms with Crippen LogP contribution in [-0.4, -0.2) is 25.3 Å². The van der Waals surface area contributed by atoms with Gasteiger partial charge in [-0.2, -0.15) is 5.26 Å². The molecule has 1 heterocycles. The molecule has 0 bridgehead atoms. The van der Waals surface area contributed by atoms with Crippen molar-refractivity contribution in [2.75, 3.05) is 20.2 Å². The van der Waals surface area contributed by atoms with E-state index in [0.29, 0.717) is 18.8 Å². The van der Waals surface area contributed by atoms with Crippen molar-refractivity contribution < 1.29 is 9.84 Å². The first kappa shape index (κ1) is 14.4. The van der Waals surface area contributed by atoms with Crippen LogP contribution in [0.5, 0.6) is 5.75 Å². The van der Waals surface area contributed by atoms with Crippen LogP contribution in [0.3, 0.4) is 0 Å². The van der Waals surface area contributed by atoms with Crippen LogP contribution >= 0.6 is 0 Å². The third-order valence-electron chi connectivity index (χ3n) is 5.14. The Balaban J connectivity index is 2.01. The minimum atomic E-state index is -0.902. The first-order valence-electron chi connectivity index (χ1n) is 7.62. The Morgan fingerprint density at radius 2 is 2.24 bits per heavy atom. The van der Waals surface area contributed by atoms with Gasteiger partial charge in [-0.1, -0.05) is 18.2 Å². The van der Waals surface area contributed by atoms with Crippen LogP contribution in [-0.2, 0) is 5.60 Å². The quantitative estimate of drug-likeness (QED) is 0.892. The van der Waals surface area contributed by atoms with Gasteiger partial charge in [-0.05, 0) is 37.3 Å². The predicted molar refractivity (Wildman–Crippen MR) is 79.7 cm³/mol. The molecule has 4 atom stereocenters. The normalized spacial score (nSPS) is 35.0. The van der Waals surface area contributed by atoms with Gasteiger partial charge in [0.1, 0.15) is 5.75 Å². The van der Waals surface area contributed by atoms with Crippen LogP contribution in [0.1, 0.15) is 24.8 Å². The number of para-hydroxylation sites is 1. The lowest BCUT2D eigenvalue weighted by Gasteiger charge is -2.45. The predicted octanol–water partition coefficient (Wildman–Crippen LogP) is 2.04. The van der Waals surface area contributed by atoms with Crippen LogP contribution in [0.2, 0.25) is 0 Å². The van der Waals surface area contributed by atoms with Gasteiger partial charge in [-0.15, -0.1) is 0 Å². The van der Waals surface area contributed by atoms with Crippen molar-refractivity contribution in [1.82, 2.24) is 5.32 Å². The van der Waals surface area contributed by atoms with Crippen molar-refractivity contribution in [2.45, 2.75) is 24.9 Å². The zero-order valence-electron chi connectivity index (χ0n) is 12.4. The molecule has 4 nitrogen and oxygen atoms in total. The lowest BCUT2D eigenvalue weighted by molar-refractivity contribution is -0.0832. The van der Waals surface area contributed by atoms with E-state index in [1.54, 1.807) is 7.11 Å². The molecule has 4 heteroatoms. The first-order chi connectivity index (χ1) is 10.2. The van der Waals surface area contributed by atoms with E-state index in [4.69, 9.17) is 10.00 Å². The Kier molecular flexibility index (Phi) is 3.88. The summed E-state index contributed by atoms with van der Waals surface area (Å²) >= 11 is 0. The molecule has 0 amide bonds. The molecule has 0 unspecified atom stereocenters. The fraction of sp³-hybridized carbons (Fsp3) is 0.588. The lowest BCUT2D eigenvalue weighted by atomic mass is 9.63. The number of nitrogens with one attached hydrogen (secondary N) is 1. The monoisotopic (exact) mass is 286 g/mol. The molecule has 1 aromatic rings. The van der Waals surface area contributed by atoms with Crippen LogP contribution in [0.15, 0.2) is 24.3 Å². The number of rotatable bonds is 3. The highest BCUT2D eigenvalue weighted by Crippen LogP contribution is 2.51. The second kappa shape index (κ2) is 5.67. The second-order valence-corrected chi connectivity index (χ2v) is 6.32. The summed E-state index contributed by atoms with van der Waals surface area (Å²) in [5, 5.41) is 23.9. The second-order valence-electron chi connectivity index (χ2n) is 6.32. The standard InChI is InChI=1S/C17H22N2O2/c1-21-16-5-3-2-4-14(16)17(20)9-12(6-7-18)8-13-10-19-11-15(13)17/h2-5,12-13,15,19-20H,6,8-11H2,1H3/t12-,13+,15-,17-/m1/s1. The van der Waals surface area contributed by atoms with E-state index in [1.807, 2.05) is 24.3 Å². The third-order valence-corrected chi connectivity index (χ3v) is 5.14. The fourth-order valence-corrected chi connectivity index (χ4v) is 4.24. The number of nitriles is 1. The van der Waals surface area contributed by atoms with E-state index in [9.17, 15) is 5.11 Å². The van der Waals surface area contributed by atoms with Crippen LogP contribution in [0, 0.1) is 29.1 Å². The van der Waals surface area contributed by atoms with Crippen molar-refractivity contribution in [3.05, 3.63) is 29.8 Å². The van der Waals surface area contributed by atoms with Gasteiger partial charge in [0.05, 0.1) is 18.8 Å². The van der Waals surface area contributed by atoms with Gasteiger partial charge >= 0.3 is 0 Å². The molecule has 1 saturated heterocycles. The van der Waals surface area contributed by atoms with Gasteiger partial charge in [-0.25, -0.2) is 0 Å². The van der Waals surface area contributed by atoms with Gasteiger partial charge in [0.25, 0.3) is 0 Å². The highest BCUT2D eigenvalue weighted by molar-refractivity contribution is 5.39. The van der Waals surface area contributed by atoms with Gasteiger partial charge in [0, 0.05) is 24.4 Å². The average molecular weight is 286 g/mol. The lowest BCUT2D eigenvalue weighted by Crippen LogP contribution is -2.45. The van der Waals surface area contributed by atoms with Gasteiger partial charge < -0.3 is 15.2 Å². The van der Waals surface area contributed by atoms with E-state index < -0.39 is 5.60 Å². The summed E-state index contributed by atoms with van der Waals surface area (Å²) < 4.78 is 5.46. The molecule has 2 aliphatic rings. The molecule has 1 aliphatic carbocycles.